The summed E-state index contributed by atoms with van der Waals surface area (Å²) in [6.07, 6.45) is 2.10. The summed E-state index contributed by atoms with van der Waals surface area (Å²) < 4.78 is 6.56. The van der Waals surface area contributed by atoms with Crippen molar-refractivity contribution in [1.82, 2.24) is 15.1 Å². The number of benzene rings is 1. The van der Waals surface area contributed by atoms with Gasteiger partial charge in [-0.2, -0.15) is 0 Å². The number of hydrogen-bond donors (Lipinski definition) is 1. The van der Waals surface area contributed by atoms with Crippen LogP contribution in [0.4, 0.5) is 0 Å². The van der Waals surface area contributed by atoms with Crippen LogP contribution in [-0.4, -0.2) is 74.8 Å². The molecule has 1 N–H and O–H groups in total. The Bertz CT molecular complexity index is 607. The first-order valence-electron chi connectivity index (χ1n) is 8.88. The normalized spacial score (nSPS) is 22.4. The second-order valence-electron chi connectivity index (χ2n) is 6.50. The first-order chi connectivity index (χ1) is 12.2. The lowest BCUT2D eigenvalue weighted by molar-refractivity contribution is 0.0195. The maximum Gasteiger partial charge on any atom is 0.193 e. The Balaban J connectivity index is 1.49. The van der Waals surface area contributed by atoms with Crippen LogP contribution in [0.5, 0.6) is 0 Å². The van der Waals surface area contributed by atoms with Gasteiger partial charge in [-0.1, -0.05) is 27.5 Å². The molecule has 2 fully saturated rings. The summed E-state index contributed by atoms with van der Waals surface area (Å²) in [5.41, 5.74) is 1.21. The molecule has 0 amide bonds. The van der Waals surface area contributed by atoms with Crippen LogP contribution in [0.3, 0.4) is 0 Å². The molecule has 2 heterocycles. The topological polar surface area (TPSA) is 40.1 Å². The van der Waals surface area contributed by atoms with Gasteiger partial charge in [-0.25, -0.2) is 0 Å². The van der Waals surface area contributed by atoms with Crippen molar-refractivity contribution in [3.63, 3.8) is 0 Å². The molecule has 1 atom stereocenters. The van der Waals surface area contributed by atoms with Gasteiger partial charge in [-0.15, -0.1) is 0 Å². The van der Waals surface area contributed by atoms with Crippen LogP contribution in [0, 0.1) is 0 Å². The molecule has 138 valence electrons. The molecule has 1 aromatic rings. The summed E-state index contributed by atoms with van der Waals surface area (Å²) in [4.78, 5) is 9.39. The van der Waals surface area contributed by atoms with Gasteiger partial charge in [-0.3, -0.25) is 9.89 Å². The molecule has 0 spiro atoms. The number of guanidine groups is 1. The lowest BCUT2D eigenvalue weighted by Gasteiger charge is -2.32. The average Bonchev–Trinajstić information content (AvgIpc) is 3.12. The van der Waals surface area contributed by atoms with Gasteiger partial charge in [0.05, 0.1) is 13.2 Å². The standard InChI is InChI=1S/C18H26BrClN4O/c1-21-18(22-6-4-14-12-15(20)2-3-17(14)19)24-7-5-16(13-24)23-8-10-25-11-9-23/h2-3,12,16H,4-11,13H2,1H3,(H,21,22). The minimum Gasteiger partial charge on any atom is -0.379 e. The van der Waals surface area contributed by atoms with Gasteiger partial charge in [0.15, 0.2) is 5.96 Å². The van der Waals surface area contributed by atoms with Gasteiger partial charge in [0, 0.05) is 55.3 Å². The van der Waals surface area contributed by atoms with E-state index < -0.39 is 0 Å². The molecule has 3 rings (SSSR count). The van der Waals surface area contributed by atoms with E-state index in [0.29, 0.717) is 6.04 Å². The molecule has 25 heavy (non-hydrogen) atoms. The van der Waals surface area contributed by atoms with Crippen molar-refractivity contribution in [2.24, 2.45) is 4.99 Å². The van der Waals surface area contributed by atoms with Gasteiger partial charge < -0.3 is 15.0 Å². The maximum atomic E-state index is 6.09. The predicted octanol–water partition coefficient (Wildman–Crippen LogP) is 2.63. The van der Waals surface area contributed by atoms with Crippen LogP contribution in [-0.2, 0) is 11.2 Å². The fourth-order valence-corrected chi connectivity index (χ4v) is 4.19. The molecule has 1 unspecified atom stereocenters. The summed E-state index contributed by atoms with van der Waals surface area (Å²) >= 11 is 9.68. The van der Waals surface area contributed by atoms with E-state index in [1.165, 1.54) is 12.0 Å². The Labute approximate surface area is 163 Å². The Morgan fingerprint density at radius 2 is 2.16 bits per heavy atom. The van der Waals surface area contributed by atoms with Crippen molar-refractivity contribution >= 4 is 33.5 Å². The van der Waals surface area contributed by atoms with E-state index in [-0.39, 0.29) is 0 Å². The number of nitrogens with one attached hydrogen (secondary N) is 1. The number of nitrogens with zero attached hydrogens (tertiary/aromatic N) is 3. The highest BCUT2D eigenvalue weighted by Gasteiger charge is 2.30. The molecule has 0 bridgehead atoms. The highest BCUT2D eigenvalue weighted by molar-refractivity contribution is 9.10. The Kier molecular flexibility index (Phi) is 6.99. The lowest BCUT2D eigenvalue weighted by atomic mass is 10.1. The Hall–Kier alpha value is -0.820. The van der Waals surface area contributed by atoms with Crippen molar-refractivity contribution < 1.29 is 4.74 Å². The monoisotopic (exact) mass is 428 g/mol. The molecule has 2 saturated heterocycles. The van der Waals surface area contributed by atoms with E-state index in [4.69, 9.17) is 16.3 Å². The van der Waals surface area contributed by atoms with Gasteiger partial charge in [0.25, 0.3) is 0 Å². The second kappa shape index (κ2) is 9.21. The minimum absolute atomic E-state index is 0.615. The summed E-state index contributed by atoms with van der Waals surface area (Å²) in [7, 11) is 1.86. The van der Waals surface area contributed by atoms with Crippen molar-refractivity contribution in [1.29, 1.82) is 0 Å². The number of rotatable bonds is 4. The zero-order valence-electron chi connectivity index (χ0n) is 14.7. The molecular formula is C18H26BrClN4O. The molecule has 5 nitrogen and oxygen atoms in total. The van der Waals surface area contributed by atoms with Crippen molar-refractivity contribution in [3.05, 3.63) is 33.3 Å². The maximum absolute atomic E-state index is 6.09. The lowest BCUT2D eigenvalue weighted by Crippen LogP contribution is -2.46. The molecule has 2 aliphatic heterocycles. The largest absolute Gasteiger partial charge is 0.379 e. The Morgan fingerprint density at radius 1 is 1.36 bits per heavy atom. The highest BCUT2D eigenvalue weighted by Crippen LogP contribution is 2.21. The first-order valence-corrected chi connectivity index (χ1v) is 10.1. The number of halogens is 2. The fraction of sp³-hybridized carbons (Fsp3) is 0.611. The van der Waals surface area contributed by atoms with E-state index in [9.17, 15) is 0 Å². The predicted molar refractivity (Wildman–Crippen MR) is 107 cm³/mol. The molecule has 2 aliphatic rings. The molecule has 7 heteroatoms. The van der Waals surface area contributed by atoms with Crippen LogP contribution in [0.25, 0.3) is 0 Å². The second-order valence-corrected chi connectivity index (χ2v) is 7.79. The molecule has 0 saturated carbocycles. The van der Waals surface area contributed by atoms with Crippen LogP contribution in [0.2, 0.25) is 5.02 Å². The van der Waals surface area contributed by atoms with Crippen molar-refractivity contribution in [2.75, 3.05) is 53.0 Å². The molecular weight excluding hydrogens is 404 g/mol. The average molecular weight is 430 g/mol. The highest BCUT2D eigenvalue weighted by atomic mass is 79.9. The quantitative estimate of drug-likeness (QED) is 0.590. The number of likely N-dealkylation sites (tertiary alicyclic amines) is 1. The zero-order chi connectivity index (χ0) is 17.6. The van der Waals surface area contributed by atoms with Gasteiger partial charge >= 0.3 is 0 Å². The number of ether oxygens (including phenoxy) is 1. The van der Waals surface area contributed by atoms with E-state index in [2.05, 4.69) is 36.0 Å². The van der Waals surface area contributed by atoms with E-state index in [0.717, 1.165) is 67.8 Å². The van der Waals surface area contributed by atoms with Crippen LogP contribution in [0.15, 0.2) is 27.7 Å². The zero-order valence-corrected chi connectivity index (χ0v) is 17.0. The third-order valence-corrected chi connectivity index (χ3v) is 5.93. The van der Waals surface area contributed by atoms with E-state index in [1.807, 2.05) is 25.2 Å². The van der Waals surface area contributed by atoms with Gasteiger partial charge in [-0.05, 0) is 36.6 Å². The summed E-state index contributed by atoms with van der Waals surface area (Å²) in [6, 6.07) is 6.53. The summed E-state index contributed by atoms with van der Waals surface area (Å²) in [6.45, 7) is 6.75. The fourth-order valence-electron chi connectivity index (χ4n) is 3.55. The Morgan fingerprint density at radius 3 is 2.92 bits per heavy atom. The first kappa shape index (κ1) is 19.0. The van der Waals surface area contributed by atoms with Gasteiger partial charge in [0.1, 0.15) is 0 Å². The minimum atomic E-state index is 0.615. The third-order valence-electron chi connectivity index (χ3n) is 4.92. The molecule has 0 aromatic heterocycles. The molecule has 0 radical (unpaired) electrons. The third kappa shape index (κ3) is 5.09. The molecule has 0 aliphatic carbocycles. The summed E-state index contributed by atoms with van der Waals surface area (Å²) in [5, 5.41) is 4.27. The van der Waals surface area contributed by atoms with Crippen LogP contribution in [0.1, 0.15) is 12.0 Å². The van der Waals surface area contributed by atoms with E-state index >= 15 is 0 Å². The molecule has 1 aromatic carbocycles. The smallest absolute Gasteiger partial charge is 0.193 e. The number of morpholine rings is 1. The number of aliphatic imine (C=N–C) groups is 1. The SMILES string of the molecule is CN=C(NCCc1cc(Cl)ccc1Br)N1CCC(N2CCOCC2)C1. The van der Waals surface area contributed by atoms with Gasteiger partial charge in [0.2, 0.25) is 0 Å². The van der Waals surface area contributed by atoms with E-state index in [1.54, 1.807) is 0 Å². The van der Waals surface area contributed by atoms with Crippen molar-refractivity contribution in [2.45, 2.75) is 18.9 Å². The van der Waals surface area contributed by atoms with Crippen LogP contribution >= 0.6 is 27.5 Å². The van der Waals surface area contributed by atoms with Crippen molar-refractivity contribution in [3.8, 4) is 0 Å². The summed E-state index contributed by atoms with van der Waals surface area (Å²) in [5.74, 6) is 0.994. The van der Waals surface area contributed by atoms with Crippen LogP contribution < -0.4 is 5.32 Å². The number of hydrogen-bond acceptors (Lipinski definition) is 3.